The van der Waals surface area contributed by atoms with Gasteiger partial charge in [0.15, 0.2) is 0 Å². The number of aromatic nitrogens is 3. The Bertz CT molecular complexity index is 734. The van der Waals surface area contributed by atoms with E-state index in [2.05, 4.69) is 79.6 Å². The molecular formula is C19H21N3. The predicted octanol–water partition coefficient (Wildman–Crippen LogP) is 4.52. The Balaban J connectivity index is 1.90. The number of hydrogen-bond donors (Lipinski definition) is 0. The van der Waals surface area contributed by atoms with Crippen LogP contribution >= 0.6 is 0 Å². The van der Waals surface area contributed by atoms with Crippen molar-refractivity contribution in [3.63, 3.8) is 0 Å². The maximum Gasteiger partial charge on any atom is 0.0730 e. The van der Waals surface area contributed by atoms with Crippen molar-refractivity contribution in [1.29, 1.82) is 0 Å². The Morgan fingerprint density at radius 3 is 2.14 bits per heavy atom. The van der Waals surface area contributed by atoms with Crippen molar-refractivity contribution in [2.75, 3.05) is 0 Å². The fourth-order valence-corrected chi connectivity index (χ4v) is 2.56. The highest BCUT2D eigenvalue weighted by Gasteiger charge is 2.16. The van der Waals surface area contributed by atoms with Gasteiger partial charge in [0, 0.05) is 0 Å². The van der Waals surface area contributed by atoms with Gasteiger partial charge in [-0.3, -0.25) is 0 Å². The maximum absolute atomic E-state index is 4.24. The molecule has 3 heteroatoms. The Kier molecular flexibility index (Phi) is 3.80. The zero-order valence-corrected chi connectivity index (χ0v) is 13.3. The molecule has 1 aromatic heterocycles. The first kappa shape index (κ1) is 14.5. The van der Waals surface area contributed by atoms with Crippen molar-refractivity contribution in [2.45, 2.75) is 27.2 Å². The van der Waals surface area contributed by atoms with E-state index in [0.29, 0.717) is 0 Å². The van der Waals surface area contributed by atoms with E-state index in [0.717, 1.165) is 17.8 Å². The first-order valence-corrected chi connectivity index (χ1v) is 7.58. The normalized spacial score (nSPS) is 11.6. The average molecular weight is 291 g/mol. The van der Waals surface area contributed by atoms with Gasteiger partial charge in [0.25, 0.3) is 0 Å². The molecule has 1 heterocycles. The molecule has 0 aliphatic heterocycles. The summed E-state index contributed by atoms with van der Waals surface area (Å²) >= 11 is 0. The lowest BCUT2D eigenvalue weighted by molar-refractivity contribution is 0.401. The van der Waals surface area contributed by atoms with E-state index in [4.69, 9.17) is 0 Å². The minimum Gasteiger partial charge on any atom is -0.218 e. The maximum atomic E-state index is 4.24. The first-order valence-electron chi connectivity index (χ1n) is 7.58. The molecule has 0 aliphatic rings. The van der Waals surface area contributed by atoms with Crippen molar-refractivity contribution < 1.29 is 0 Å². The Morgan fingerprint density at radius 1 is 0.864 bits per heavy atom. The molecule has 0 aliphatic carbocycles. The Hall–Kier alpha value is -2.42. The van der Waals surface area contributed by atoms with Crippen LogP contribution in [0, 0.1) is 5.41 Å². The fourth-order valence-electron chi connectivity index (χ4n) is 2.56. The lowest BCUT2D eigenvalue weighted by Crippen LogP contribution is -2.13. The van der Waals surface area contributed by atoms with Crippen molar-refractivity contribution in [3.8, 4) is 16.8 Å². The molecule has 0 amide bonds. The summed E-state index contributed by atoms with van der Waals surface area (Å²) in [4.78, 5) is 0. The average Bonchev–Trinajstić information content (AvgIpc) is 2.94. The van der Waals surface area contributed by atoms with E-state index in [1.54, 1.807) is 0 Å². The van der Waals surface area contributed by atoms with Crippen molar-refractivity contribution in [2.24, 2.45) is 5.41 Å². The molecule has 3 nitrogen and oxygen atoms in total. The largest absolute Gasteiger partial charge is 0.218 e. The quantitative estimate of drug-likeness (QED) is 0.710. The van der Waals surface area contributed by atoms with E-state index < -0.39 is 0 Å². The molecule has 0 N–H and O–H groups in total. The number of nitrogens with zero attached hydrogens (tertiary/aromatic N) is 3. The van der Waals surface area contributed by atoms with Crippen LogP contribution in [0.1, 0.15) is 26.5 Å². The third kappa shape index (κ3) is 3.25. The second-order valence-electron chi connectivity index (χ2n) is 6.79. The molecule has 2 aromatic carbocycles. The summed E-state index contributed by atoms with van der Waals surface area (Å²) in [6.07, 6.45) is 2.80. The molecule has 3 rings (SSSR count). The summed E-state index contributed by atoms with van der Waals surface area (Å²) in [6.45, 7) is 6.68. The van der Waals surface area contributed by atoms with Gasteiger partial charge in [0.1, 0.15) is 0 Å². The molecular weight excluding hydrogens is 270 g/mol. The molecule has 112 valence electrons. The second-order valence-corrected chi connectivity index (χ2v) is 6.79. The summed E-state index contributed by atoms with van der Waals surface area (Å²) in [5.74, 6) is 0. The standard InChI is InChI=1S/C19H21N3/c1-19(2,3)13-18-14-20-21-22(18)17-11-9-16(10-12-17)15-7-5-4-6-8-15/h4-12,14H,13H2,1-3H3. The van der Waals surface area contributed by atoms with E-state index in [1.807, 2.05) is 16.9 Å². The monoisotopic (exact) mass is 291 g/mol. The zero-order valence-electron chi connectivity index (χ0n) is 13.3. The van der Waals surface area contributed by atoms with Gasteiger partial charge in [-0.25, -0.2) is 4.68 Å². The molecule has 0 saturated heterocycles. The third-order valence-electron chi connectivity index (χ3n) is 3.55. The summed E-state index contributed by atoms with van der Waals surface area (Å²) in [5, 5.41) is 8.32. The fraction of sp³-hybridized carbons (Fsp3) is 0.263. The van der Waals surface area contributed by atoms with Gasteiger partial charge in [-0.15, -0.1) is 5.10 Å². The van der Waals surface area contributed by atoms with E-state index in [-0.39, 0.29) is 5.41 Å². The smallest absolute Gasteiger partial charge is 0.0730 e. The minimum atomic E-state index is 0.212. The van der Waals surface area contributed by atoms with Crippen LogP contribution in [0.4, 0.5) is 0 Å². The zero-order chi connectivity index (χ0) is 15.6. The molecule has 0 spiro atoms. The molecule has 0 bridgehead atoms. The second kappa shape index (κ2) is 5.76. The lowest BCUT2D eigenvalue weighted by atomic mass is 9.91. The van der Waals surface area contributed by atoms with E-state index in [1.165, 1.54) is 11.1 Å². The van der Waals surface area contributed by atoms with Crippen LogP contribution in [0.15, 0.2) is 60.8 Å². The molecule has 0 saturated carbocycles. The molecule has 0 unspecified atom stereocenters. The summed E-state index contributed by atoms with van der Waals surface area (Å²) in [7, 11) is 0. The highest BCUT2D eigenvalue weighted by atomic mass is 15.4. The Morgan fingerprint density at radius 2 is 1.50 bits per heavy atom. The molecule has 3 aromatic rings. The molecule has 0 radical (unpaired) electrons. The van der Waals surface area contributed by atoms with Crippen LogP contribution in [0.5, 0.6) is 0 Å². The van der Waals surface area contributed by atoms with Crippen LogP contribution in [-0.4, -0.2) is 15.0 Å². The van der Waals surface area contributed by atoms with Crippen LogP contribution in [0.3, 0.4) is 0 Å². The van der Waals surface area contributed by atoms with Gasteiger partial charge >= 0.3 is 0 Å². The molecule has 22 heavy (non-hydrogen) atoms. The van der Waals surface area contributed by atoms with E-state index >= 15 is 0 Å². The number of rotatable bonds is 3. The molecule has 0 atom stereocenters. The van der Waals surface area contributed by atoms with Gasteiger partial charge < -0.3 is 0 Å². The van der Waals surface area contributed by atoms with Crippen LogP contribution in [-0.2, 0) is 6.42 Å². The first-order chi connectivity index (χ1) is 10.5. The topological polar surface area (TPSA) is 30.7 Å². The highest BCUT2D eigenvalue weighted by molar-refractivity contribution is 5.64. The van der Waals surface area contributed by atoms with Crippen LogP contribution < -0.4 is 0 Å². The number of benzene rings is 2. The van der Waals surface area contributed by atoms with Crippen LogP contribution in [0.2, 0.25) is 0 Å². The van der Waals surface area contributed by atoms with Gasteiger partial charge in [0.05, 0.1) is 17.6 Å². The minimum absolute atomic E-state index is 0.212. The van der Waals surface area contributed by atoms with Gasteiger partial charge in [-0.2, -0.15) is 0 Å². The predicted molar refractivity (Wildman–Crippen MR) is 90.0 cm³/mol. The highest BCUT2D eigenvalue weighted by Crippen LogP contribution is 2.24. The van der Waals surface area contributed by atoms with Gasteiger partial charge in [0.2, 0.25) is 0 Å². The van der Waals surface area contributed by atoms with Crippen molar-refractivity contribution in [1.82, 2.24) is 15.0 Å². The van der Waals surface area contributed by atoms with Gasteiger partial charge in [-0.05, 0) is 35.1 Å². The lowest BCUT2D eigenvalue weighted by Gasteiger charge is -2.18. The van der Waals surface area contributed by atoms with Crippen molar-refractivity contribution >= 4 is 0 Å². The Labute approximate surface area is 131 Å². The van der Waals surface area contributed by atoms with Crippen molar-refractivity contribution in [3.05, 3.63) is 66.5 Å². The number of hydrogen-bond acceptors (Lipinski definition) is 2. The molecule has 0 fully saturated rings. The summed E-state index contributed by atoms with van der Waals surface area (Å²) < 4.78 is 1.93. The van der Waals surface area contributed by atoms with E-state index in [9.17, 15) is 0 Å². The SMILES string of the molecule is CC(C)(C)Cc1cnnn1-c1ccc(-c2ccccc2)cc1. The van der Waals surface area contributed by atoms with Crippen LogP contribution in [0.25, 0.3) is 16.8 Å². The summed E-state index contributed by atoms with van der Waals surface area (Å²) in [5.41, 5.74) is 4.84. The summed E-state index contributed by atoms with van der Waals surface area (Å²) in [6, 6.07) is 18.9. The van der Waals surface area contributed by atoms with Gasteiger partial charge in [-0.1, -0.05) is 68.4 Å². The third-order valence-corrected chi connectivity index (χ3v) is 3.55.